The van der Waals surface area contributed by atoms with E-state index < -0.39 is 22.3 Å². The lowest BCUT2D eigenvalue weighted by Crippen LogP contribution is -2.15. The number of nitrogens with zero attached hydrogens (tertiary/aromatic N) is 4. The number of amides is 1. The Morgan fingerprint density at radius 3 is 2.56 bits per heavy atom. The first-order valence-electron chi connectivity index (χ1n) is 10.0. The number of hydrogen-bond donors (Lipinski definition) is 1. The Hall–Kier alpha value is -3.76. The van der Waals surface area contributed by atoms with Crippen molar-refractivity contribution in [2.24, 2.45) is 0 Å². The molecule has 8 nitrogen and oxygen atoms in total. The van der Waals surface area contributed by atoms with Crippen LogP contribution in [0.5, 0.6) is 0 Å². The molecular weight excluding hydrogens is 481 g/mol. The summed E-state index contributed by atoms with van der Waals surface area (Å²) in [6.45, 7) is 0.461. The third-order valence-electron chi connectivity index (χ3n) is 4.77. The second-order valence-electron chi connectivity index (χ2n) is 7.12. The Labute approximate surface area is 202 Å². The van der Waals surface area contributed by atoms with Crippen LogP contribution in [0.15, 0.2) is 78.0 Å². The molecule has 1 heterocycles. The molecule has 0 unspecified atom stereocenters. The summed E-state index contributed by atoms with van der Waals surface area (Å²) in [6.07, 6.45) is 0. The Morgan fingerprint density at radius 2 is 1.82 bits per heavy atom. The van der Waals surface area contributed by atoms with Crippen LogP contribution in [-0.4, -0.2) is 31.3 Å². The molecule has 0 radical (unpaired) electrons. The van der Waals surface area contributed by atoms with Crippen LogP contribution in [0.1, 0.15) is 5.56 Å². The molecule has 0 saturated carbocycles. The van der Waals surface area contributed by atoms with Gasteiger partial charge in [0.05, 0.1) is 22.2 Å². The average Bonchev–Trinajstić information content (AvgIpc) is 3.22. The Bertz CT molecular complexity index is 1350. The number of carbonyl (C=O) groups excluding carboxylic acids is 1. The molecule has 0 aliphatic carbocycles. The molecule has 0 spiro atoms. The van der Waals surface area contributed by atoms with Crippen LogP contribution in [-0.2, 0) is 11.3 Å². The normalized spacial score (nSPS) is 10.8. The number of thioether (sulfide) groups is 1. The van der Waals surface area contributed by atoms with Crippen LogP contribution in [0.25, 0.3) is 11.4 Å². The summed E-state index contributed by atoms with van der Waals surface area (Å²) in [4.78, 5) is 22.6. The highest BCUT2D eigenvalue weighted by Crippen LogP contribution is 2.30. The van der Waals surface area contributed by atoms with Gasteiger partial charge in [0, 0.05) is 17.3 Å². The van der Waals surface area contributed by atoms with Gasteiger partial charge in [-0.25, -0.2) is 0 Å². The number of nitro benzene ring substituents is 1. The molecule has 172 valence electrons. The summed E-state index contributed by atoms with van der Waals surface area (Å²) in [6, 6.07) is 20.2. The fourth-order valence-electron chi connectivity index (χ4n) is 3.20. The summed E-state index contributed by atoms with van der Waals surface area (Å²) >= 11 is 7.54. The average molecular weight is 498 g/mol. The van der Waals surface area contributed by atoms with Gasteiger partial charge in [-0.15, -0.1) is 10.2 Å². The Morgan fingerprint density at radius 1 is 1.09 bits per heavy atom. The molecule has 1 amide bonds. The maximum atomic E-state index is 13.5. The van der Waals surface area contributed by atoms with Crippen molar-refractivity contribution >= 4 is 40.6 Å². The van der Waals surface area contributed by atoms with Gasteiger partial charge >= 0.3 is 5.69 Å². The lowest BCUT2D eigenvalue weighted by atomic mass is 10.2. The number of nitrogens with one attached hydrogen (secondary N) is 1. The number of carbonyl (C=O) groups is 1. The van der Waals surface area contributed by atoms with Gasteiger partial charge in [0.1, 0.15) is 0 Å². The molecule has 0 atom stereocenters. The van der Waals surface area contributed by atoms with Crippen molar-refractivity contribution in [1.82, 2.24) is 14.8 Å². The number of nitro groups is 1. The van der Waals surface area contributed by atoms with E-state index in [1.807, 2.05) is 53.1 Å². The minimum atomic E-state index is -0.974. The molecule has 0 bridgehead atoms. The van der Waals surface area contributed by atoms with Gasteiger partial charge in [-0.05, 0) is 29.8 Å². The van der Waals surface area contributed by atoms with E-state index in [0.717, 1.165) is 29.5 Å². The summed E-state index contributed by atoms with van der Waals surface area (Å²) in [7, 11) is 0. The van der Waals surface area contributed by atoms with E-state index in [4.69, 9.17) is 11.6 Å². The van der Waals surface area contributed by atoms with Crippen LogP contribution >= 0.6 is 23.4 Å². The van der Waals surface area contributed by atoms with Crippen LogP contribution in [0, 0.1) is 15.9 Å². The third-order valence-corrected chi connectivity index (χ3v) is 6.07. The van der Waals surface area contributed by atoms with E-state index in [1.165, 1.54) is 6.07 Å². The van der Waals surface area contributed by atoms with E-state index >= 15 is 0 Å². The molecule has 1 N–H and O–H groups in total. The number of aromatic nitrogens is 3. The van der Waals surface area contributed by atoms with Gasteiger partial charge < -0.3 is 5.32 Å². The zero-order chi connectivity index (χ0) is 24.1. The quantitative estimate of drug-likeness (QED) is 0.198. The van der Waals surface area contributed by atoms with E-state index in [0.29, 0.717) is 28.1 Å². The molecule has 0 fully saturated rings. The van der Waals surface area contributed by atoms with E-state index in [2.05, 4.69) is 15.5 Å². The first-order chi connectivity index (χ1) is 16.4. The van der Waals surface area contributed by atoms with Gasteiger partial charge in [-0.3, -0.25) is 19.5 Å². The highest BCUT2D eigenvalue weighted by molar-refractivity contribution is 7.99. The monoisotopic (exact) mass is 497 g/mol. The fraction of sp³-hybridized carbons (Fsp3) is 0.0870. The molecule has 0 aliphatic heterocycles. The molecule has 11 heteroatoms. The van der Waals surface area contributed by atoms with Crippen LogP contribution < -0.4 is 5.32 Å². The summed E-state index contributed by atoms with van der Waals surface area (Å²) in [5.41, 5.74) is 1.14. The smallest absolute Gasteiger partial charge is 0.306 e. The van der Waals surface area contributed by atoms with E-state index in [9.17, 15) is 19.3 Å². The van der Waals surface area contributed by atoms with Crippen molar-refractivity contribution in [2.45, 2.75) is 11.7 Å². The van der Waals surface area contributed by atoms with Crippen molar-refractivity contribution in [3.8, 4) is 11.4 Å². The second kappa shape index (κ2) is 10.4. The lowest BCUT2D eigenvalue weighted by molar-refractivity contribution is -0.387. The highest BCUT2D eigenvalue weighted by Gasteiger charge is 2.19. The number of anilines is 1. The van der Waals surface area contributed by atoms with Gasteiger partial charge in [-0.2, -0.15) is 4.39 Å². The molecule has 0 saturated heterocycles. The summed E-state index contributed by atoms with van der Waals surface area (Å²) in [5.74, 6) is -0.884. The molecule has 3 aromatic carbocycles. The molecule has 1 aromatic heterocycles. The number of rotatable bonds is 8. The van der Waals surface area contributed by atoms with E-state index in [-0.39, 0.29) is 11.4 Å². The van der Waals surface area contributed by atoms with Crippen LogP contribution in [0.4, 0.5) is 15.8 Å². The second-order valence-corrected chi connectivity index (χ2v) is 8.47. The summed E-state index contributed by atoms with van der Waals surface area (Å²) in [5, 5.41) is 23.0. The zero-order valence-corrected chi connectivity index (χ0v) is 19.1. The highest BCUT2D eigenvalue weighted by atomic mass is 35.5. The molecule has 34 heavy (non-hydrogen) atoms. The first kappa shape index (κ1) is 23.4. The molecule has 4 aromatic rings. The zero-order valence-electron chi connectivity index (χ0n) is 17.5. The Balaban J connectivity index is 1.55. The fourth-order valence-corrected chi connectivity index (χ4v) is 4.16. The van der Waals surface area contributed by atoms with Gasteiger partial charge in [0.15, 0.2) is 11.0 Å². The van der Waals surface area contributed by atoms with E-state index in [1.54, 1.807) is 6.07 Å². The predicted molar refractivity (Wildman–Crippen MR) is 128 cm³/mol. The van der Waals surface area contributed by atoms with Crippen molar-refractivity contribution in [2.75, 3.05) is 11.1 Å². The standard InChI is InChI=1S/C23H17ClFN5O3S/c24-18-9-5-4-8-17(18)22-27-28-23(29(22)13-15-6-2-1-3-7-15)34-14-21(31)26-16-10-11-19(25)20(12-16)30(32)33/h1-12H,13-14H2,(H,26,31). The number of hydrogen-bond acceptors (Lipinski definition) is 6. The predicted octanol–water partition coefficient (Wildman–Crippen LogP) is 5.42. The molecular formula is C23H17ClFN5O3S. The number of benzene rings is 3. The van der Waals surface area contributed by atoms with Crippen molar-refractivity contribution in [3.05, 3.63) is 99.3 Å². The SMILES string of the molecule is O=C(CSc1nnc(-c2ccccc2Cl)n1Cc1ccccc1)Nc1ccc(F)c([N+](=O)[O-])c1. The van der Waals surface area contributed by atoms with Gasteiger partial charge in [-0.1, -0.05) is 65.8 Å². The van der Waals surface area contributed by atoms with Crippen LogP contribution in [0.2, 0.25) is 5.02 Å². The molecule has 0 aliphatic rings. The number of halogens is 2. The van der Waals surface area contributed by atoms with Gasteiger partial charge in [0.2, 0.25) is 11.7 Å². The van der Waals surface area contributed by atoms with Gasteiger partial charge in [0.25, 0.3) is 0 Å². The Kier molecular flexibility index (Phi) is 7.19. The minimum absolute atomic E-state index is 0.0411. The topological polar surface area (TPSA) is 103 Å². The maximum Gasteiger partial charge on any atom is 0.306 e. The summed E-state index contributed by atoms with van der Waals surface area (Å²) < 4.78 is 15.4. The minimum Gasteiger partial charge on any atom is -0.325 e. The largest absolute Gasteiger partial charge is 0.325 e. The van der Waals surface area contributed by atoms with Crippen molar-refractivity contribution < 1.29 is 14.1 Å². The third kappa shape index (κ3) is 5.41. The molecule has 4 rings (SSSR count). The van der Waals surface area contributed by atoms with Crippen molar-refractivity contribution in [3.63, 3.8) is 0 Å². The first-order valence-corrected chi connectivity index (χ1v) is 11.4. The maximum absolute atomic E-state index is 13.5. The lowest BCUT2D eigenvalue weighted by Gasteiger charge is -2.11. The van der Waals surface area contributed by atoms with Crippen LogP contribution in [0.3, 0.4) is 0 Å². The van der Waals surface area contributed by atoms with Crippen molar-refractivity contribution in [1.29, 1.82) is 0 Å².